The molecule has 0 atom stereocenters. The van der Waals surface area contributed by atoms with E-state index >= 15 is 0 Å². The molecule has 1 aliphatic carbocycles. The third kappa shape index (κ3) is 6.15. The van der Waals surface area contributed by atoms with E-state index in [0.29, 0.717) is 45.7 Å². The summed E-state index contributed by atoms with van der Waals surface area (Å²) in [6.07, 6.45) is 6.69. The average molecular weight is 540 g/mol. The SMILES string of the molecule is CNc1cc(F)c(Oc2ccnc3cc(OC)c(OC4(CO)CC4)cc23)c(F)c1.COc1ccncc1C=O. The van der Waals surface area contributed by atoms with Crippen LogP contribution < -0.4 is 24.3 Å². The Hall–Kier alpha value is -4.51. The first kappa shape index (κ1) is 27.5. The second kappa shape index (κ2) is 11.9. The number of anilines is 1. The van der Waals surface area contributed by atoms with E-state index in [0.717, 1.165) is 25.0 Å². The van der Waals surface area contributed by atoms with Gasteiger partial charge in [0.15, 0.2) is 35.2 Å². The monoisotopic (exact) mass is 539 g/mol. The van der Waals surface area contributed by atoms with Crippen molar-refractivity contribution >= 4 is 22.9 Å². The van der Waals surface area contributed by atoms with Crippen LogP contribution in [0.15, 0.2) is 55.0 Å². The lowest BCUT2D eigenvalue weighted by Gasteiger charge is -2.19. The van der Waals surface area contributed by atoms with Crippen molar-refractivity contribution in [3.8, 4) is 28.7 Å². The van der Waals surface area contributed by atoms with Gasteiger partial charge in [-0.1, -0.05) is 0 Å². The second-order valence-electron chi connectivity index (χ2n) is 8.63. The van der Waals surface area contributed by atoms with Crippen LogP contribution in [-0.4, -0.2) is 54.8 Å². The number of nitrogens with zero attached hydrogens (tertiary/aromatic N) is 2. The number of pyridine rings is 2. The van der Waals surface area contributed by atoms with Gasteiger partial charge < -0.3 is 29.4 Å². The highest BCUT2D eigenvalue weighted by Gasteiger charge is 2.45. The molecule has 1 saturated carbocycles. The van der Waals surface area contributed by atoms with Crippen LogP contribution >= 0.6 is 0 Å². The Bertz CT molecular complexity index is 1460. The van der Waals surface area contributed by atoms with Crippen LogP contribution in [-0.2, 0) is 0 Å². The van der Waals surface area contributed by atoms with Gasteiger partial charge in [0.2, 0.25) is 0 Å². The third-order valence-corrected chi connectivity index (χ3v) is 6.07. The Kier molecular flexibility index (Phi) is 8.40. The Balaban J connectivity index is 0.000000298. The summed E-state index contributed by atoms with van der Waals surface area (Å²) >= 11 is 0. The molecule has 1 fully saturated rings. The lowest BCUT2D eigenvalue weighted by molar-refractivity contribution is 0.0925. The number of hydrogen-bond donors (Lipinski definition) is 2. The topological polar surface area (TPSA) is 112 Å². The molecule has 5 rings (SSSR count). The van der Waals surface area contributed by atoms with Gasteiger partial charge in [0.25, 0.3) is 0 Å². The number of fused-ring (bicyclic) bond motifs is 1. The molecule has 11 heteroatoms. The third-order valence-electron chi connectivity index (χ3n) is 6.07. The largest absolute Gasteiger partial charge is 0.496 e. The Labute approximate surface area is 223 Å². The van der Waals surface area contributed by atoms with E-state index < -0.39 is 23.0 Å². The first-order valence-corrected chi connectivity index (χ1v) is 11.9. The van der Waals surface area contributed by atoms with Crippen molar-refractivity contribution in [2.24, 2.45) is 0 Å². The van der Waals surface area contributed by atoms with E-state index in [2.05, 4.69) is 15.3 Å². The number of benzene rings is 2. The van der Waals surface area contributed by atoms with Crippen LogP contribution in [0.4, 0.5) is 14.5 Å². The summed E-state index contributed by atoms with van der Waals surface area (Å²) in [5.74, 6) is -0.559. The number of halogens is 2. The molecule has 0 amide bonds. The van der Waals surface area contributed by atoms with Crippen LogP contribution in [0.3, 0.4) is 0 Å². The van der Waals surface area contributed by atoms with Gasteiger partial charge in [0, 0.05) is 54.9 Å². The van der Waals surface area contributed by atoms with Crippen molar-refractivity contribution in [3.05, 3.63) is 72.2 Å². The molecule has 2 aromatic heterocycles. The summed E-state index contributed by atoms with van der Waals surface area (Å²) < 4.78 is 50.5. The summed E-state index contributed by atoms with van der Waals surface area (Å²) in [6, 6.07) is 8.76. The van der Waals surface area contributed by atoms with Crippen LogP contribution in [0.2, 0.25) is 0 Å². The molecule has 0 aliphatic heterocycles. The van der Waals surface area contributed by atoms with Gasteiger partial charge in [-0.2, -0.15) is 0 Å². The Morgan fingerprint density at radius 1 is 1.00 bits per heavy atom. The summed E-state index contributed by atoms with van der Waals surface area (Å²) in [6.45, 7) is -0.112. The number of methoxy groups -OCH3 is 2. The molecule has 4 aromatic rings. The van der Waals surface area contributed by atoms with Crippen molar-refractivity contribution in [1.29, 1.82) is 0 Å². The predicted molar refractivity (Wildman–Crippen MR) is 140 cm³/mol. The van der Waals surface area contributed by atoms with Crippen LogP contribution in [0.25, 0.3) is 10.9 Å². The van der Waals surface area contributed by atoms with E-state index in [-0.39, 0.29) is 12.4 Å². The molecule has 1 aliphatic rings. The molecule has 9 nitrogen and oxygen atoms in total. The van der Waals surface area contributed by atoms with Gasteiger partial charge in [-0.25, -0.2) is 8.78 Å². The fraction of sp³-hybridized carbons (Fsp3) is 0.250. The molecule has 0 saturated heterocycles. The zero-order valence-corrected chi connectivity index (χ0v) is 21.5. The van der Waals surface area contributed by atoms with Crippen molar-refractivity contribution < 1.29 is 37.6 Å². The zero-order chi connectivity index (χ0) is 28.0. The number of aldehydes is 1. The van der Waals surface area contributed by atoms with E-state index in [9.17, 15) is 18.7 Å². The molecule has 39 heavy (non-hydrogen) atoms. The maximum Gasteiger partial charge on any atom is 0.198 e. The van der Waals surface area contributed by atoms with Gasteiger partial charge in [0.05, 0.1) is 31.9 Å². The second-order valence-corrected chi connectivity index (χ2v) is 8.63. The molecule has 2 heterocycles. The smallest absolute Gasteiger partial charge is 0.198 e. The lowest BCUT2D eigenvalue weighted by atomic mass is 10.1. The lowest BCUT2D eigenvalue weighted by Crippen LogP contribution is -2.22. The molecule has 204 valence electrons. The standard InChI is InChI=1S/C21H20F2N2O4.C7H7NO2/c1-24-12-7-14(22)20(15(23)8-12)28-17-3-6-25-16-10-18(27-2)19(9-13(16)17)29-21(11-26)4-5-21;1-10-7-2-3-8-4-6(7)5-9/h3,6-10,24,26H,4-5,11H2,1-2H3;2-5H,1H3. The summed E-state index contributed by atoms with van der Waals surface area (Å²) in [5, 5.41) is 12.7. The number of ether oxygens (including phenoxy) is 4. The number of nitrogens with one attached hydrogen (secondary N) is 1. The minimum Gasteiger partial charge on any atom is -0.496 e. The normalized spacial score (nSPS) is 13.1. The maximum absolute atomic E-state index is 14.4. The summed E-state index contributed by atoms with van der Waals surface area (Å²) in [7, 11) is 4.59. The molecule has 0 spiro atoms. The van der Waals surface area contributed by atoms with E-state index in [1.807, 2.05) is 0 Å². The number of hydrogen-bond acceptors (Lipinski definition) is 9. The molecule has 0 radical (unpaired) electrons. The van der Waals surface area contributed by atoms with Crippen molar-refractivity contribution in [2.75, 3.05) is 33.2 Å². The van der Waals surface area contributed by atoms with Crippen LogP contribution in [0, 0.1) is 11.6 Å². The van der Waals surface area contributed by atoms with Gasteiger partial charge in [0.1, 0.15) is 17.1 Å². The van der Waals surface area contributed by atoms with Crippen molar-refractivity contribution in [2.45, 2.75) is 18.4 Å². The zero-order valence-electron chi connectivity index (χ0n) is 21.5. The average Bonchev–Trinajstić information content (AvgIpc) is 3.74. The van der Waals surface area contributed by atoms with E-state index in [4.69, 9.17) is 18.9 Å². The van der Waals surface area contributed by atoms with Crippen molar-refractivity contribution in [1.82, 2.24) is 9.97 Å². The molecule has 2 N–H and O–H groups in total. The number of carbonyl (C=O) groups is 1. The number of aromatic nitrogens is 2. The Morgan fingerprint density at radius 3 is 2.26 bits per heavy atom. The van der Waals surface area contributed by atoms with Crippen molar-refractivity contribution in [3.63, 3.8) is 0 Å². The molecule has 0 bridgehead atoms. The molecule has 2 aromatic carbocycles. The minimum atomic E-state index is -0.832. The quantitative estimate of drug-likeness (QED) is 0.279. The highest BCUT2D eigenvalue weighted by Crippen LogP contribution is 2.45. The van der Waals surface area contributed by atoms with Gasteiger partial charge in [-0.15, -0.1) is 0 Å². The molecular weight excluding hydrogens is 512 g/mol. The summed E-state index contributed by atoms with van der Waals surface area (Å²) in [4.78, 5) is 18.3. The maximum atomic E-state index is 14.4. The summed E-state index contributed by atoms with van der Waals surface area (Å²) in [5.41, 5.74) is 0.662. The fourth-order valence-electron chi connectivity index (χ4n) is 3.70. The highest BCUT2D eigenvalue weighted by atomic mass is 19.1. The highest BCUT2D eigenvalue weighted by molar-refractivity contribution is 5.88. The minimum absolute atomic E-state index is 0.112. The number of carbonyl (C=O) groups excluding carboxylic acids is 1. The Morgan fingerprint density at radius 2 is 1.69 bits per heavy atom. The molecular formula is C28H27F2N3O6. The number of rotatable bonds is 9. The number of aliphatic hydroxyl groups is 1. The first-order chi connectivity index (χ1) is 18.9. The molecule has 0 unspecified atom stereocenters. The van der Waals surface area contributed by atoms with Gasteiger partial charge in [-0.05, 0) is 31.0 Å². The van der Waals surface area contributed by atoms with Crippen LogP contribution in [0.5, 0.6) is 28.7 Å². The van der Waals surface area contributed by atoms with E-state index in [1.54, 1.807) is 31.4 Å². The number of aliphatic hydroxyl groups excluding tert-OH is 1. The van der Waals surface area contributed by atoms with Gasteiger partial charge in [-0.3, -0.25) is 14.8 Å². The van der Waals surface area contributed by atoms with E-state index in [1.165, 1.54) is 32.7 Å². The van der Waals surface area contributed by atoms with Gasteiger partial charge >= 0.3 is 0 Å². The van der Waals surface area contributed by atoms with Crippen LogP contribution in [0.1, 0.15) is 23.2 Å². The predicted octanol–water partition coefficient (Wildman–Crippen LogP) is 5.16. The first-order valence-electron chi connectivity index (χ1n) is 11.9. The fourth-order valence-corrected chi connectivity index (χ4v) is 3.70.